The van der Waals surface area contributed by atoms with Crippen molar-refractivity contribution in [2.24, 2.45) is 0 Å². The van der Waals surface area contributed by atoms with Gasteiger partial charge in [0.25, 0.3) is 0 Å². The monoisotopic (exact) mass is 249 g/mol. The number of aromatic nitrogens is 2. The van der Waals surface area contributed by atoms with Gasteiger partial charge in [-0.2, -0.15) is 5.10 Å². The molecule has 1 fully saturated rings. The van der Waals surface area contributed by atoms with Crippen molar-refractivity contribution in [3.05, 3.63) is 17.8 Å². The maximum Gasteiger partial charge on any atom is 0.233 e. The molecule has 1 aliphatic rings. The maximum absolute atomic E-state index is 5.84. The molecule has 18 heavy (non-hydrogen) atoms. The summed E-state index contributed by atoms with van der Waals surface area (Å²) in [5, 5.41) is 11.6. The Bertz CT molecular complexity index is 345. The summed E-state index contributed by atoms with van der Waals surface area (Å²) in [7, 11) is 0. The maximum atomic E-state index is 5.84. The minimum atomic E-state index is 0.340. The third-order valence-corrected chi connectivity index (χ3v) is 3.23. The molecule has 1 aromatic rings. The summed E-state index contributed by atoms with van der Waals surface area (Å²) in [6.45, 7) is 5.00. The Kier molecular flexibility index (Phi) is 4.93. The van der Waals surface area contributed by atoms with Gasteiger partial charge in [0.05, 0.1) is 5.69 Å². The quantitative estimate of drug-likeness (QED) is 0.871. The fourth-order valence-corrected chi connectivity index (χ4v) is 2.17. The van der Waals surface area contributed by atoms with Crippen LogP contribution in [0, 0.1) is 0 Å². The van der Waals surface area contributed by atoms with Crippen molar-refractivity contribution in [2.45, 2.75) is 64.6 Å². The summed E-state index contributed by atoms with van der Waals surface area (Å²) in [5.41, 5.74) is 0.958. The van der Waals surface area contributed by atoms with Crippen LogP contribution in [0.15, 0.2) is 12.1 Å². The van der Waals surface area contributed by atoms with E-state index in [0.717, 1.165) is 25.1 Å². The van der Waals surface area contributed by atoms with Gasteiger partial charge in [0.2, 0.25) is 5.88 Å². The minimum Gasteiger partial charge on any atom is -0.473 e. The summed E-state index contributed by atoms with van der Waals surface area (Å²) in [6, 6.07) is 4.38. The molecule has 0 aliphatic heterocycles. The SMILES string of the molecule is CC(C)NCc1ccc(OC2CCCCC2)nn1. The molecule has 1 saturated carbocycles. The first-order chi connectivity index (χ1) is 8.74. The first kappa shape index (κ1) is 13.3. The van der Waals surface area contributed by atoms with Crippen LogP contribution in [0.1, 0.15) is 51.6 Å². The molecule has 4 heteroatoms. The highest BCUT2D eigenvalue weighted by Gasteiger charge is 2.15. The zero-order chi connectivity index (χ0) is 12.8. The Balaban J connectivity index is 1.83. The third kappa shape index (κ3) is 4.26. The number of hydrogen-bond acceptors (Lipinski definition) is 4. The van der Waals surface area contributed by atoms with Gasteiger partial charge < -0.3 is 10.1 Å². The molecule has 1 aliphatic carbocycles. The van der Waals surface area contributed by atoms with Crippen LogP contribution in [0.5, 0.6) is 5.88 Å². The van der Waals surface area contributed by atoms with Gasteiger partial charge in [-0.05, 0) is 31.7 Å². The van der Waals surface area contributed by atoms with Gasteiger partial charge in [-0.15, -0.1) is 5.10 Å². The average Bonchev–Trinajstić information content (AvgIpc) is 2.39. The average molecular weight is 249 g/mol. The Morgan fingerprint density at radius 1 is 1.22 bits per heavy atom. The molecular weight excluding hydrogens is 226 g/mol. The second-order valence-corrected chi connectivity index (χ2v) is 5.28. The van der Waals surface area contributed by atoms with Crippen LogP contribution in [-0.2, 0) is 6.54 Å². The molecule has 0 radical (unpaired) electrons. The highest BCUT2D eigenvalue weighted by molar-refractivity contribution is 5.11. The first-order valence-electron chi connectivity index (χ1n) is 6.96. The number of nitrogens with zero attached hydrogens (tertiary/aromatic N) is 2. The van der Waals surface area contributed by atoms with E-state index in [0.29, 0.717) is 18.0 Å². The molecule has 1 N–H and O–H groups in total. The first-order valence-corrected chi connectivity index (χ1v) is 6.96. The van der Waals surface area contributed by atoms with Gasteiger partial charge in [0.15, 0.2) is 0 Å². The third-order valence-electron chi connectivity index (χ3n) is 3.23. The van der Waals surface area contributed by atoms with Crippen molar-refractivity contribution in [3.63, 3.8) is 0 Å². The van der Waals surface area contributed by atoms with Crippen molar-refractivity contribution >= 4 is 0 Å². The van der Waals surface area contributed by atoms with Crippen LogP contribution >= 0.6 is 0 Å². The minimum absolute atomic E-state index is 0.340. The van der Waals surface area contributed by atoms with Crippen molar-refractivity contribution in [1.82, 2.24) is 15.5 Å². The van der Waals surface area contributed by atoms with E-state index >= 15 is 0 Å². The van der Waals surface area contributed by atoms with E-state index in [-0.39, 0.29) is 0 Å². The highest BCUT2D eigenvalue weighted by atomic mass is 16.5. The number of rotatable bonds is 5. The van der Waals surface area contributed by atoms with E-state index in [9.17, 15) is 0 Å². The van der Waals surface area contributed by atoms with E-state index in [1.165, 1.54) is 19.3 Å². The molecule has 1 aromatic heterocycles. The Morgan fingerprint density at radius 3 is 2.61 bits per heavy atom. The van der Waals surface area contributed by atoms with Crippen molar-refractivity contribution in [2.75, 3.05) is 0 Å². The van der Waals surface area contributed by atoms with E-state index in [2.05, 4.69) is 29.4 Å². The smallest absolute Gasteiger partial charge is 0.233 e. The fraction of sp³-hybridized carbons (Fsp3) is 0.714. The van der Waals surface area contributed by atoms with Crippen LogP contribution in [0.4, 0.5) is 0 Å². The lowest BCUT2D eigenvalue weighted by molar-refractivity contribution is 0.147. The molecule has 1 heterocycles. The molecule has 0 spiro atoms. The molecule has 0 aromatic carbocycles. The Morgan fingerprint density at radius 2 is 2.00 bits per heavy atom. The normalized spacial score (nSPS) is 17.1. The standard InChI is InChI=1S/C14H23N3O/c1-11(2)15-10-12-8-9-14(17-16-12)18-13-6-4-3-5-7-13/h8-9,11,13,15H,3-7,10H2,1-2H3. The number of hydrogen-bond donors (Lipinski definition) is 1. The largest absolute Gasteiger partial charge is 0.473 e. The lowest BCUT2D eigenvalue weighted by Crippen LogP contribution is -2.23. The predicted octanol–water partition coefficient (Wildman–Crippen LogP) is 2.69. The van der Waals surface area contributed by atoms with E-state index in [4.69, 9.17) is 4.74 Å². The second kappa shape index (κ2) is 6.69. The zero-order valence-electron chi connectivity index (χ0n) is 11.4. The summed E-state index contributed by atoms with van der Waals surface area (Å²) < 4.78 is 5.84. The summed E-state index contributed by atoms with van der Waals surface area (Å²) in [6.07, 6.45) is 6.53. The van der Waals surface area contributed by atoms with Gasteiger partial charge in [0, 0.05) is 18.7 Å². The second-order valence-electron chi connectivity index (χ2n) is 5.28. The van der Waals surface area contributed by atoms with E-state index in [1.807, 2.05) is 12.1 Å². The zero-order valence-corrected chi connectivity index (χ0v) is 11.4. The topological polar surface area (TPSA) is 47.0 Å². The lowest BCUT2D eigenvalue weighted by Gasteiger charge is -2.22. The number of nitrogens with one attached hydrogen (secondary N) is 1. The van der Waals surface area contributed by atoms with Crippen molar-refractivity contribution in [1.29, 1.82) is 0 Å². The molecule has 0 bridgehead atoms. The summed E-state index contributed by atoms with van der Waals surface area (Å²) >= 11 is 0. The molecule has 2 rings (SSSR count). The van der Waals surface area contributed by atoms with Gasteiger partial charge in [-0.1, -0.05) is 20.3 Å². The Labute approximate surface area is 109 Å². The van der Waals surface area contributed by atoms with Crippen LogP contribution in [0.2, 0.25) is 0 Å². The van der Waals surface area contributed by atoms with Crippen LogP contribution in [-0.4, -0.2) is 22.3 Å². The molecule has 0 amide bonds. The molecule has 4 nitrogen and oxygen atoms in total. The van der Waals surface area contributed by atoms with Crippen LogP contribution in [0.3, 0.4) is 0 Å². The van der Waals surface area contributed by atoms with E-state index < -0.39 is 0 Å². The lowest BCUT2D eigenvalue weighted by atomic mass is 9.98. The van der Waals surface area contributed by atoms with Gasteiger partial charge >= 0.3 is 0 Å². The molecule has 0 atom stereocenters. The van der Waals surface area contributed by atoms with Gasteiger partial charge in [-0.25, -0.2) is 0 Å². The van der Waals surface area contributed by atoms with Crippen LogP contribution < -0.4 is 10.1 Å². The van der Waals surface area contributed by atoms with Crippen molar-refractivity contribution in [3.8, 4) is 5.88 Å². The molecular formula is C14H23N3O. The van der Waals surface area contributed by atoms with Gasteiger partial charge in [0.1, 0.15) is 6.10 Å². The Hall–Kier alpha value is -1.16. The molecule has 0 unspecified atom stereocenters. The van der Waals surface area contributed by atoms with E-state index in [1.54, 1.807) is 0 Å². The van der Waals surface area contributed by atoms with Gasteiger partial charge in [-0.3, -0.25) is 0 Å². The summed E-state index contributed by atoms with van der Waals surface area (Å²) in [5.74, 6) is 0.662. The molecule has 100 valence electrons. The predicted molar refractivity (Wildman–Crippen MR) is 71.5 cm³/mol. The van der Waals surface area contributed by atoms with Crippen LogP contribution in [0.25, 0.3) is 0 Å². The van der Waals surface area contributed by atoms with Crippen molar-refractivity contribution < 1.29 is 4.74 Å². The fourth-order valence-electron chi connectivity index (χ4n) is 2.17. The summed E-state index contributed by atoms with van der Waals surface area (Å²) in [4.78, 5) is 0. The molecule has 0 saturated heterocycles. The number of ether oxygens (including phenoxy) is 1. The highest BCUT2D eigenvalue weighted by Crippen LogP contribution is 2.21.